The lowest BCUT2D eigenvalue weighted by Crippen LogP contribution is -2.30. The third kappa shape index (κ3) is 7.31. The minimum absolute atomic E-state index is 0.0163. The summed E-state index contributed by atoms with van der Waals surface area (Å²) in [4.78, 5) is 20.5. The summed E-state index contributed by atoms with van der Waals surface area (Å²) in [6.45, 7) is 2.08. The minimum Gasteiger partial charge on any atom is -0.481 e. The highest BCUT2D eigenvalue weighted by Gasteiger charge is 2.10. The van der Waals surface area contributed by atoms with Crippen LogP contribution in [-0.4, -0.2) is 23.5 Å². The van der Waals surface area contributed by atoms with E-state index in [1.54, 1.807) is 0 Å². The van der Waals surface area contributed by atoms with E-state index in [4.69, 9.17) is 5.11 Å². The molecule has 1 atom stereocenters. The number of carbonyl (C=O) groups excluding carboxylic acids is 1. The summed E-state index contributed by atoms with van der Waals surface area (Å²) in [7, 11) is 0. The van der Waals surface area contributed by atoms with Crippen molar-refractivity contribution in [2.24, 2.45) is 0 Å². The number of unbranched alkanes of at least 4 members (excludes halogenated alkanes) is 2. The molecule has 2 N–H and O–H groups in total. The molecule has 4 heteroatoms. The molecule has 76 valence electrons. The van der Waals surface area contributed by atoms with Gasteiger partial charge in [-0.2, -0.15) is 0 Å². The molecule has 0 aromatic rings. The van der Waals surface area contributed by atoms with Crippen LogP contribution < -0.4 is 5.32 Å². The first kappa shape index (κ1) is 11.9. The Labute approximate surface area is 78.3 Å². The van der Waals surface area contributed by atoms with Crippen LogP contribution in [0.1, 0.15) is 39.0 Å². The summed E-state index contributed by atoms with van der Waals surface area (Å²) in [5.41, 5.74) is 0. The quantitative estimate of drug-likeness (QED) is 0.442. The van der Waals surface area contributed by atoms with Crippen molar-refractivity contribution in [3.05, 3.63) is 0 Å². The Morgan fingerprint density at radius 3 is 2.69 bits per heavy atom. The molecule has 13 heavy (non-hydrogen) atoms. The maximum atomic E-state index is 10.4. The molecule has 0 bridgehead atoms. The summed E-state index contributed by atoms with van der Waals surface area (Å²) >= 11 is 0. The fraction of sp³-hybridized carbons (Fsp3) is 0.778. The summed E-state index contributed by atoms with van der Waals surface area (Å²) in [6.07, 6.45) is 4.48. The zero-order valence-corrected chi connectivity index (χ0v) is 7.95. The summed E-state index contributed by atoms with van der Waals surface area (Å²) < 4.78 is 0. The predicted octanol–water partition coefficient (Wildman–Crippen LogP) is 1.16. The number of aliphatic carboxylic acids is 1. The first-order valence-electron chi connectivity index (χ1n) is 4.62. The van der Waals surface area contributed by atoms with Crippen molar-refractivity contribution in [3.8, 4) is 0 Å². The van der Waals surface area contributed by atoms with Crippen LogP contribution in [0, 0.1) is 0 Å². The van der Waals surface area contributed by atoms with Crippen molar-refractivity contribution < 1.29 is 14.7 Å². The molecule has 0 aliphatic heterocycles. The molecule has 0 aromatic carbocycles. The van der Waals surface area contributed by atoms with Crippen LogP contribution in [0.4, 0.5) is 0 Å². The maximum Gasteiger partial charge on any atom is 0.305 e. The molecule has 1 amide bonds. The Bertz CT molecular complexity index is 159. The molecule has 0 aromatic heterocycles. The Morgan fingerprint density at radius 2 is 2.23 bits per heavy atom. The monoisotopic (exact) mass is 187 g/mol. The summed E-state index contributed by atoms with van der Waals surface area (Å²) in [5, 5.41) is 11.0. The van der Waals surface area contributed by atoms with Gasteiger partial charge in [-0.3, -0.25) is 9.59 Å². The van der Waals surface area contributed by atoms with Crippen LogP contribution in [0.25, 0.3) is 0 Å². The lowest BCUT2D eigenvalue weighted by molar-refractivity contribution is -0.137. The Balaban J connectivity index is 3.65. The van der Waals surface area contributed by atoms with E-state index >= 15 is 0 Å². The molecule has 0 radical (unpaired) electrons. The molecule has 0 spiro atoms. The van der Waals surface area contributed by atoms with E-state index in [2.05, 4.69) is 12.2 Å². The molecule has 1 unspecified atom stereocenters. The predicted molar refractivity (Wildman–Crippen MR) is 49.4 cm³/mol. The molecule has 0 fully saturated rings. The average molecular weight is 187 g/mol. The second-order valence-corrected chi connectivity index (χ2v) is 3.08. The van der Waals surface area contributed by atoms with Gasteiger partial charge in [0.2, 0.25) is 6.41 Å². The van der Waals surface area contributed by atoms with Crippen molar-refractivity contribution in [3.63, 3.8) is 0 Å². The molecule has 0 heterocycles. The Morgan fingerprint density at radius 1 is 1.54 bits per heavy atom. The van der Waals surface area contributed by atoms with E-state index in [1.807, 2.05) is 0 Å². The third-order valence-corrected chi connectivity index (χ3v) is 1.88. The Kier molecular flexibility index (Phi) is 6.96. The summed E-state index contributed by atoms with van der Waals surface area (Å²) in [5.74, 6) is -0.865. The minimum atomic E-state index is -0.865. The van der Waals surface area contributed by atoms with E-state index in [0.29, 0.717) is 6.41 Å². The van der Waals surface area contributed by atoms with Crippen LogP contribution in [0.3, 0.4) is 0 Å². The number of hydrogen-bond donors (Lipinski definition) is 2. The van der Waals surface area contributed by atoms with Gasteiger partial charge in [-0.05, 0) is 6.42 Å². The SMILES string of the molecule is CCCCCC(CC(=O)O)NC=O. The average Bonchev–Trinajstić information content (AvgIpc) is 2.04. The first-order chi connectivity index (χ1) is 6.20. The van der Waals surface area contributed by atoms with E-state index in [0.717, 1.165) is 25.7 Å². The molecule has 0 saturated heterocycles. The molecule has 4 nitrogen and oxygen atoms in total. The van der Waals surface area contributed by atoms with E-state index in [-0.39, 0.29) is 12.5 Å². The van der Waals surface area contributed by atoms with Gasteiger partial charge < -0.3 is 10.4 Å². The van der Waals surface area contributed by atoms with Crippen LogP contribution in [0.15, 0.2) is 0 Å². The van der Waals surface area contributed by atoms with E-state index in [1.165, 1.54) is 0 Å². The zero-order chi connectivity index (χ0) is 10.1. The normalized spacial score (nSPS) is 12.1. The fourth-order valence-electron chi connectivity index (χ4n) is 1.19. The molecular weight excluding hydrogens is 170 g/mol. The highest BCUT2D eigenvalue weighted by atomic mass is 16.4. The fourth-order valence-corrected chi connectivity index (χ4v) is 1.19. The highest BCUT2D eigenvalue weighted by Crippen LogP contribution is 2.05. The van der Waals surface area contributed by atoms with Gasteiger partial charge in [0, 0.05) is 6.04 Å². The third-order valence-electron chi connectivity index (χ3n) is 1.88. The van der Waals surface area contributed by atoms with Gasteiger partial charge in [-0.15, -0.1) is 0 Å². The molecule has 0 rings (SSSR count). The first-order valence-corrected chi connectivity index (χ1v) is 4.62. The van der Waals surface area contributed by atoms with Crippen molar-refractivity contribution in [2.75, 3.05) is 0 Å². The molecule has 0 aliphatic rings. The van der Waals surface area contributed by atoms with Crippen molar-refractivity contribution >= 4 is 12.4 Å². The van der Waals surface area contributed by atoms with Crippen LogP contribution in [-0.2, 0) is 9.59 Å². The number of carboxylic acid groups (broad SMARTS) is 1. The van der Waals surface area contributed by atoms with Gasteiger partial charge in [-0.25, -0.2) is 0 Å². The number of rotatable bonds is 8. The smallest absolute Gasteiger partial charge is 0.305 e. The van der Waals surface area contributed by atoms with Gasteiger partial charge in [0.1, 0.15) is 0 Å². The van der Waals surface area contributed by atoms with Gasteiger partial charge in [0.05, 0.1) is 6.42 Å². The molecule has 0 aliphatic carbocycles. The second-order valence-electron chi connectivity index (χ2n) is 3.08. The van der Waals surface area contributed by atoms with Gasteiger partial charge in [0.25, 0.3) is 0 Å². The van der Waals surface area contributed by atoms with Crippen LogP contribution >= 0.6 is 0 Å². The van der Waals surface area contributed by atoms with E-state index in [9.17, 15) is 9.59 Å². The maximum absolute atomic E-state index is 10.4. The van der Waals surface area contributed by atoms with Gasteiger partial charge in [0.15, 0.2) is 0 Å². The molecular formula is C9H17NO3. The highest BCUT2D eigenvalue weighted by molar-refractivity contribution is 5.68. The van der Waals surface area contributed by atoms with Crippen molar-refractivity contribution in [1.29, 1.82) is 0 Å². The lowest BCUT2D eigenvalue weighted by atomic mass is 10.1. The topological polar surface area (TPSA) is 66.4 Å². The van der Waals surface area contributed by atoms with E-state index < -0.39 is 5.97 Å². The molecule has 0 saturated carbocycles. The zero-order valence-electron chi connectivity index (χ0n) is 7.95. The number of carbonyl (C=O) groups is 2. The number of amides is 1. The van der Waals surface area contributed by atoms with Crippen LogP contribution in [0.2, 0.25) is 0 Å². The summed E-state index contributed by atoms with van der Waals surface area (Å²) in [6, 6.07) is -0.207. The van der Waals surface area contributed by atoms with Gasteiger partial charge >= 0.3 is 5.97 Å². The van der Waals surface area contributed by atoms with Crippen molar-refractivity contribution in [2.45, 2.75) is 45.1 Å². The second kappa shape index (κ2) is 7.58. The van der Waals surface area contributed by atoms with Crippen molar-refractivity contribution in [1.82, 2.24) is 5.32 Å². The largest absolute Gasteiger partial charge is 0.481 e. The number of nitrogens with one attached hydrogen (secondary N) is 1. The lowest BCUT2D eigenvalue weighted by Gasteiger charge is -2.12. The number of carboxylic acids is 1. The van der Waals surface area contributed by atoms with Crippen LogP contribution in [0.5, 0.6) is 0 Å². The van der Waals surface area contributed by atoms with Gasteiger partial charge in [-0.1, -0.05) is 26.2 Å². The number of hydrogen-bond acceptors (Lipinski definition) is 2. The Hall–Kier alpha value is -1.06. The standard InChI is InChI=1S/C9H17NO3/c1-2-3-4-5-8(10-7-11)6-9(12)13/h7-8H,2-6H2,1H3,(H,10,11)(H,12,13).